The molecule has 1 aromatic carbocycles. The van der Waals surface area contributed by atoms with Crippen molar-refractivity contribution in [3.63, 3.8) is 0 Å². The maximum Gasteiger partial charge on any atom is 0.259 e. The monoisotopic (exact) mass is 339 g/mol. The van der Waals surface area contributed by atoms with Gasteiger partial charge in [0, 0.05) is 38.6 Å². The van der Waals surface area contributed by atoms with Crippen LogP contribution in [0.1, 0.15) is 23.7 Å². The van der Waals surface area contributed by atoms with E-state index in [0.717, 1.165) is 26.1 Å². The van der Waals surface area contributed by atoms with Crippen LogP contribution in [0.4, 0.5) is 5.69 Å². The Labute approximate surface area is 149 Å². The zero-order chi connectivity index (χ0) is 17.6. The number of para-hydroxylation sites is 1. The number of rotatable bonds is 6. The minimum absolute atomic E-state index is 0.0327. The molecule has 25 heavy (non-hydrogen) atoms. The fraction of sp³-hybridized carbons (Fsp3) is 0.400. The highest BCUT2D eigenvalue weighted by Crippen LogP contribution is 2.25. The number of hydrogen-bond acceptors (Lipinski definition) is 4. The zero-order valence-electron chi connectivity index (χ0n) is 14.9. The highest BCUT2D eigenvalue weighted by atomic mass is 16.5. The molecule has 0 N–H and O–H groups in total. The molecule has 0 bridgehead atoms. The smallest absolute Gasteiger partial charge is 0.259 e. The van der Waals surface area contributed by atoms with Crippen LogP contribution in [0.5, 0.6) is 5.88 Å². The molecule has 1 amide bonds. The van der Waals surface area contributed by atoms with Crippen LogP contribution >= 0.6 is 0 Å². The molecule has 1 aliphatic rings. The van der Waals surface area contributed by atoms with Crippen molar-refractivity contribution < 1.29 is 9.53 Å². The summed E-state index contributed by atoms with van der Waals surface area (Å²) >= 11 is 0. The Balaban J connectivity index is 1.61. The van der Waals surface area contributed by atoms with Gasteiger partial charge in [-0.05, 0) is 43.5 Å². The summed E-state index contributed by atoms with van der Waals surface area (Å²) < 4.78 is 5.49. The van der Waals surface area contributed by atoms with Crippen molar-refractivity contribution in [2.75, 3.05) is 38.2 Å². The molecule has 2 heterocycles. The van der Waals surface area contributed by atoms with E-state index < -0.39 is 0 Å². The lowest BCUT2D eigenvalue weighted by molar-refractivity contribution is 0.0771. The maximum atomic E-state index is 12.8. The fourth-order valence-electron chi connectivity index (χ4n) is 3.34. The van der Waals surface area contributed by atoms with E-state index in [2.05, 4.69) is 34.1 Å². The zero-order valence-corrected chi connectivity index (χ0v) is 14.9. The van der Waals surface area contributed by atoms with Crippen molar-refractivity contribution in [3.05, 3.63) is 54.2 Å². The summed E-state index contributed by atoms with van der Waals surface area (Å²) in [6.45, 7) is 5.14. The van der Waals surface area contributed by atoms with Gasteiger partial charge in [-0.3, -0.25) is 4.79 Å². The van der Waals surface area contributed by atoms with Crippen LogP contribution in [0.25, 0.3) is 0 Å². The maximum absolute atomic E-state index is 12.8. The molecule has 1 saturated heterocycles. The molecule has 0 unspecified atom stereocenters. The molecular formula is C20H25N3O2. The second-order valence-corrected chi connectivity index (χ2v) is 6.41. The van der Waals surface area contributed by atoms with Crippen LogP contribution < -0.4 is 9.64 Å². The molecule has 0 aliphatic carbocycles. The van der Waals surface area contributed by atoms with E-state index in [1.807, 2.05) is 20.0 Å². The molecule has 132 valence electrons. The number of aromatic nitrogens is 1. The quantitative estimate of drug-likeness (QED) is 0.811. The van der Waals surface area contributed by atoms with Gasteiger partial charge in [0.05, 0.1) is 6.61 Å². The third kappa shape index (κ3) is 4.10. The number of anilines is 1. The second kappa shape index (κ2) is 8.01. The molecular weight excluding hydrogens is 314 g/mol. The van der Waals surface area contributed by atoms with E-state index in [0.29, 0.717) is 24.0 Å². The summed E-state index contributed by atoms with van der Waals surface area (Å²) in [5.74, 6) is 0.857. The van der Waals surface area contributed by atoms with Crippen molar-refractivity contribution in [1.82, 2.24) is 9.88 Å². The number of pyridine rings is 1. The minimum Gasteiger partial charge on any atom is -0.477 e. The van der Waals surface area contributed by atoms with Gasteiger partial charge < -0.3 is 14.5 Å². The Morgan fingerprint density at radius 2 is 2.08 bits per heavy atom. The van der Waals surface area contributed by atoms with E-state index in [1.165, 1.54) is 5.69 Å². The Morgan fingerprint density at radius 1 is 1.28 bits per heavy atom. The first-order valence-corrected chi connectivity index (χ1v) is 8.82. The summed E-state index contributed by atoms with van der Waals surface area (Å²) in [4.78, 5) is 21.1. The van der Waals surface area contributed by atoms with Crippen LogP contribution in [-0.4, -0.2) is 49.1 Å². The Kier molecular flexibility index (Phi) is 5.53. The van der Waals surface area contributed by atoms with Gasteiger partial charge in [0.2, 0.25) is 5.88 Å². The van der Waals surface area contributed by atoms with Gasteiger partial charge in [-0.15, -0.1) is 0 Å². The Bertz CT molecular complexity index is 705. The lowest BCUT2D eigenvalue weighted by Crippen LogP contribution is -2.33. The SMILES string of the molecule is CCOc1ncccc1C(=O)N(C)C[C@H]1CCN(c2ccccc2)C1. The van der Waals surface area contributed by atoms with Gasteiger partial charge >= 0.3 is 0 Å². The molecule has 1 atom stereocenters. The van der Waals surface area contributed by atoms with Gasteiger partial charge in [-0.1, -0.05) is 18.2 Å². The topological polar surface area (TPSA) is 45.7 Å². The van der Waals surface area contributed by atoms with Gasteiger partial charge in [0.1, 0.15) is 5.56 Å². The van der Waals surface area contributed by atoms with E-state index in [4.69, 9.17) is 4.74 Å². The van der Waals surface area contributed by atoms with Crippen LogP contribution in [-0.2, 0) is 0 Å². The predicted molar refractivity (Wildman–Crippen MR) is 99.1 cm³/mol. The molecule has 5 nitrogen and oxygen atoms in total. The first kappa shape index (κ1) is 17.3. The number of amides is 1. The van der Waals surface area contributed by atoms with Crippen LogP contribution in [0.2, 0.25) is 0 Å². The van der Waals surface area contributed by atoms with Crippen molar-refractivity contribution in [3.8, 4) is 5.88 Å². The first-order valence-electron chi connectivity index (χ1n) is 8.82. The molecule has 0 spiro atoms. The normalized spacial score (nSPS) is 16.7. The number of benzene rings is 1. The van der Waals surface area contributed by atoms with Gasteiger partial charge in [-0.25, -0.2) is 4.98 Å². The van der Waals surface area contributed by atoms with E-state index in [1.54, 1.807) is 23.2 Å². The molecule has 3 rings (SSSR count). The fourth-order valence-corrected chi connectivity index (χ4v) is 3.34. The van der Waals surface area contributed by atoms with Crippen molar-refractivity contribution in [1.29, 1.82) is 0 Å². The molecule has 0 radical (unpaired) electrons. The summed E-state index contributed by atoms with van der Waals surface area (Å²) in [6.07, 6.45) is 2.74. The average molecular weight is 339 g/mol. The summed E-state index contributed by atoms with van der Waals surface area (Å²) in [6, 6.07) is 14.0. The largest absolute Gasteiger partial charge is 0.477 e. The van der Waals surface area contributed by atoms with E-state index >= 15 is 0 Å². The number of ether oxygens (including phenoxy) is 1. The summed E-state index contributed by atoms with van der Waals surface area (Å²) in [5, 5.41) is 0. The molecule has 0 saturated carbocycles. The molecule has 1 aliphatic heterocycles. The number of carbonyl (C=O) groups excluding carboxylic acids is 1. The lowest BCUT2D eigenvalue weighted by Gasteiger charge is -2.23. The number of nitrogens with zero attached hydrogens (tertiary/aromatic N) is 3. The molecule has 2 aromatic rings. The summed E-state index contributed by atoms with van der Waals surface area (Å²) in [7, 11) is 1.86. The highest BCUT2D eigenvalue weighted by molar-refractivity contribution is 5.96. The highest BCUT2D eigenvalue weighted by Gasteiger charge is 2.26. The molecule has 1 aromatic heterocycles. The van der Waals surface area contributed by atoms with Crippen molar-refractivity contribution in [2.24, 2.45) is 5.92 Å². The Hall–Kier alpha value is -2.56. The number of hydrogen-bond donors (Lipinski definition) is 0. The second-order valence-electron chi connectivity index (χ2n) is 6.41. The van der Waals surface area contributed by atoms with Crippen molar-refractivity contribution >= 4 is 11.6 Å². The third-order valence-corrected chi connectivity index (χ3v) is 4.57. The van der Waals surface area contributed by atoms with Gasteiger partial charge in [-0.2, -0.15) is 0 Å². The van der Waals surface area contributed by atoms with Crippen molar-refractivity contribution in [2.45, 2.75) is 13.3 Å². The standard InChI is InChI=1S/C20H25N3O2/c1-3-25-19-18(10-7-12-21-19)20(24)22(2)14-16-11-13-23(15-16)17-8-5-4-6-9-17/h4-10,12,16H,3,11,13-15H2,1-2H3/t16-/m1/s1. The lowest BCUT2D eigenvalue weighted by atomic mass is 10.1. The van der Waals surface area contributed by atoms with Crippen LogP contribution in [0.15, 0.2) is 48.7 Å². The summed E-state index contributed by atoms with van der Waals surface area (Å²) in [5.41, 5.74) is 1.79. The number of carbonyl (C=O) groups is 1. The third-order valence-electron chi connectivity index (χ3n) is 4.57. The van der Waals surface area contributed by atoms with Crippen LogP contribution in [0.3, 0.4) is 0 Å². The van der Waals surface area contributed by atoms with Crippen LogP contribution in [0, 0.1) is 5.92 Å². The van der Waals surface area contributed by atoms with Gasteiger partial charge in [0.25, 0.3) is 5.91 Å². The predicted octanol–water partition coefficient (Wildman–Crippen LogP) is 3.08. The average Bonchev–Trinajstić information content (AvgIpc) is 3.11. The van der Waals surface area contributed by atoms with Gasteiger partial charge in [0.15, 0.2) is 0 Å². The van der Waals surface area contributed by atoms with E-state index in [-0.39, 0.29) is 5.91 Å². The molecule has 1 fully saturated rings. The first-order chi connectivity index (χ1) is 12.2. The van der Waals surface area contributed by atoms with E-state index in [9.17, 15) is 4.79 Å². The Morgan fingerprint density at radius 3 is 2.84 bits per heavy atom. The molecule has 5 heteroatoms. The minimum atomic E-state index is -0.0327.